The third kappa shape index (κ3) is 3.78. The molecule has 0 atom stereocenters. The van der Waals surface area contributed by atoms with Crippen LogP contribution in [0.25, 0.3) is 5.95 Å². The fourth-order valence-electron chi connectivity index (χ4n) is 2.91. The molecule has 146 valence electrons. The van der Waals surface area contributed by atoms with Crippen LogP contribution in [0.3, 0.4) is 0 Å². The molecule has 0 unspecified atom stereocenters. The number of halogens is 2. The summed E-state index contributed by atoms with van der Waals surface area (Å²) >= 11 is 5.66. The van der Waals surface area contributed by atoms with Crippen molar-refractivity contribution in [2.75, 3.05) is 22.7 Å². The van der Waals surface area contributed by atoms with Crippen LogP contribution in [0.4, 0.5) is 15.8 Å². The van der Waals surface area contributed by atoms with Crippen LogP contribution in [0.5, 0.6) is 0 Å². The van der Waals surface area contributed by atoms with Crippen LogP contribution in [-0.2, 0) is 10.0 Å². The molecule has 0 saturated carbocycles. The van der Waals surface area contributed by atoms with Gasteiger partial charge in [0, 0.05) is 13.1 Å². The second-order valence-electron chi connectivity index (χ2n) is 6.29. The fourth-order valence-corrected chi connectivity index (χ4v) is 4.21. The molecular weight excluding hydrogens is 407 g/mol. The van der Waals surface area contributed by atoms with Gasteiger partial charge >= 0.3 is 0 Å². The fraction of sp³-hybridized carbons (Fsp3) is 0.235. The van der Waals surface area contributed by atoms with Crippen LogP contribution in [0.2, 0.25) is 5.02 Å². The number of nitrogens with zero attached hydrogens (tertiary/aromatic N) is 5. The minimum Gasteiger partial charge on any atom is -0.369 e. The van der Waals surface area contributed by atoms with Gasteiger partial charge in [-0.05, 0) is 31.0 Å². The molecule has 1 aromatic carbocycles. The van der Waals surface area contributed by atoms with E-state index < -0.39 is 15.8 Å². The predicted molar refractivity (Wildman–Crippen MR) is 103 cm³/mol. The van der Waals surface area contributed by atoms with Crippen LogP contribution < -0.4 is 9.62 Å². The maximum Gasteiger partial charge on any atom is 0.262 e. The lowest BCUT2D eigenvalue weighted by atomic mass is 10.3. The van der Waals surface area contributed by atoms with Crippen LogP contribution in [0.1, 0.15) is 12.8 Å². The maximum absolute atomic E-state index is 13.3. The summed E-state index contributed by atoms with van der Waals surface area (Å²) in [5.74, 6) is -0.374. The lowest BCUT2D eigenvalue weighted by molar-refractivity contribution is 0.599. The van der Waals surface area contributed by atoms with Crippen molar-refractivity contribution in [2.45, 2.75) is 17.7 Å². The third-order valence-corrected chi connectivity index (χ3v) is 6.01. The molecule has 2 aromatic heterocycles. The first-order valence-electron chi connectivity index (χ1n) is 8.52. The van der Waals surface area contributed by atoms with Crippen LogP contribution in [0.15, 0.2) is 47.9 Å². The Morgan fingerprint density at radius 1 is 1.11 bits per heavy atom. The highest BCUT2D eigenvalue weighted by Crippen LogP contribution is 2.22. The van der Waals surface area contributed by atoms with Gasteiger partial charge < -0.3 is 4.90 Å². The Labute approximate surface area is 166 Å². The second kappa shape index (κ2) is 7.36. The zero-order valence-electron chi connectivity index (χ0n) is 14.6. The third-order valence-electron chi connectivity index (χ3n) is 4.34. The molecule has 1 aliphatic heterocycles. The smallest absolute Gasteiger partial charge is 0.262 e. The summed E-state index contributed by atoms with van der Waals surface area (Å²) in [6.07, 6.45) is 8.54. The molecule has 4 rings (SSSR count). The van der Waals surface area contributed by atoms with Gasteiger partial charge in [0.15, 0.2) is 0 Å². The van der Waals surface area contributed by atoms with Crippen LogP contribution in [0, 0.1) is 5.82 Å². The lowest BCUT2D eigenvalue weighted by Crippen LogP contribution is -2.18. The van der Waals surface area contributed by atoms with E-state index in [0.29, 0.717) is 5.95 Å². The largest absolute Gasteiger partial charge is 0.369 e. The molecule has 3 aromatic rings. The van der Waals surface area contributed by atoms with E-state index in [9.17, 15) is 12.8 Å². The number of anilines is 2. The Kier molecular flexibility index (Phi) is 4.90. The maximum atomic E-state index is 13.3. The van der Waals surface area contributed by atoms with E-state index in [0.717, 1.165) is 49.8 Å². The lowest BCUT2D eigenvalue weighted by Gasteiger charge is -2.16. The van der Waals surface area contributed by atoms with Gasteiger partial charge in [0.05, 0.1) is 46.1 Å². The van der Waals surface area contributed by atoms with E-state index in [2.05, 4.69) is 24.7 Å². The first-order chi connectivity index (χ1) is 13.4. The highest BCUT2D eigenvalue weighted by molar-refractivity contribution is 7.92. The zero-order valence-corrected chi connectivity index (χ0v) is 16.2. The predicted octanol–water partition coefficient (Wildman–Crippen LogP) is 2.86. The monoisotopic (exact) mass is 422 g/mol. The van der Waals surface area contributed by atoms with Crippen LogP contribution >= 0.6 is 11.6 Å². The van der Waals surface area contributed by atoms with Crippen molar-refractivity contribution in [1.82, 2.24) is 19.7 Å². The Hall–Kier alpha value is -2.72. The minimum absolute atomic E-state index is 0.155. The summed E-state index contributed by atoms with van der Waals surface area (Å²) in [6.45, 7) is 1.98. The number of hydrogen-bond donors (Lipinski definition) is 1. The van der Waals surface area contributed by atoms with Crippen molar-refractivity contribution in [2.24, 2.45) is 0 Å². The van der Waals surface area contributed by atoms with Crippen molar-refractivity contribution in [3.63, 3.8) is 0 Å². The van der Waals surface area contributed by atoms with Gasteiger partial charge in [-0.25, -0.2) is 27.5 Å². The van der Waals surface area contributed by atoms with Gasteiger partial charge in [-0.1, -0.05) is 11.6 Å². The van der Waals surface area contributed by atoms with Gasteiger partial charge in [-0.3, -0.25) is 4.72 Å². The summed E-state index contributed by atoms with van der Waals surface area (Å²) in [6, 6.07) is 3.17. The molecular formula is C17H16ClFN6O2S. The van der Waals surface area contributed by atoms with Gasteiger partial charge in [-0.15, -0.1) is 0 Å². The topological polar surface area (TPSA) is 93.0 Å². The molecule has 1 saturated heterocycles. The summed E-state index contributed by atoms with van der Waals surface area (Å²) in [5.41, 5.74) is 1.16. The minimum atomic E-state index is -3.94. The molecule has 1 aliphatic rings. The Morgan fingerprint density at radius 2 is 1.82 bits per heavy atom. The Balaban J connectivity index is 1.51. The molecule has 1 fully saturated rings. The van der Waals surface area contributed by atoms with Crippen molar-refractivity contribution in [3.8, 4) is 5.95 Å². The number of sulfonamides is 1. The van der Waals surface area contributed by atoms with Gasteiger partial charge in [0.25, 0.3) is 16.0 Å². The van der Waals surface area contributed by atoms with Crippen molar-refractivity contribution < 1.29 is 12.8 Å². The van der Waals surface area contributed by atoms with E-state index in [-0.39, 0.29) is 15.6 Å². The van der Waals surface area contributed by atoms with Crippen molar-refractivity contribution in [1.29, 1.82) is 0 Å². The summed E-state index contributed by atoms with van der Waals surface area (Å²) in [7, 11) is -3.94. The highest BCUT2D eigenvalue weighted by atomic mass is 35.5. The Morgan fingerprint density at radius 3 is 2.50 bits per heavy atom. The molecule has 0 bridgehead atoms. The molecule has 1 N–H and O–H groups in total. The second-order valence-corrected chi connectivity index (χ2v) is 8.38. The number of nitrogens with one attached hydrogen (secondary N) is 1. The summed E-state index contributed by atoms with van der Waals surface area (Å²) < 4.78 is 41.9. The van der Waals surface area contributed by atoms with Crippen molar-refractivity contribution in [3.05, 3.63) is 53.8 Å². The van der Waals surface area contributed by atoms with Crippen LogP contribution in [-0.4, -0.2) is 41.3 Å². The van der Waals surface area contributed by atoms with E-state index in [1.807, 2.05) is 0 Å². The standard InChI is InChI=1S/C17H16ClFN6O2S/c18-15-7-14(3-4-16(15)19)28(26,27)23-12-8-22-25(11-12)17-20-9-13(10-21-17)24-5-1-2-6-24/h3-4,7-11,23H,1-2,5-6H2. The first kappa shape index (κ1) is 18.6. The average molecular weight is 423 g/mol. The quantitative estimate of drug-likeness (QED) is 0.679. The van der Waals surface area contributed by atoms with E-state index in [4.69, 9.17) is 11.6 Å². The number of hydrogen-bond acceptors (Lipinski definition) is 6. The highest BCUT2D eigenvalue weighted by Gasteiger charge is 2.18. The Bertz CT molecular complexity index is 1100. The van der Waals surface area contributed by atoms with E-state index >= 15 is 0 Å². The summed E-state index contributed by atoms with van der Waals surface area (Å²) in [5, 5.41) is 3.82. The number of benzene rings is 1. The summed E-state index contributed by atoms with van der Waals surface area (Å²) in [4.78, 5) is 10.6. The molecule has 3 heterocycles. The van der Waals surface area contributed by atoms with Gasteiger partial charge in [-0.2, -0.15) is 5.10 Å². The SMILES string of the molecule is O=S(=O)(Nc1cnn(-c2ncc(N3CCCC3)cn2)c1)c1ccc(F)c(Cl)c1. The molecule has 28 heavy (non-hydrogen) atoms. The molecule has 0 amide bonds. The number of aromatic nitrogens is 4. The van der Waals surface area contributed by atoms with E-state index in [1.165, 1.54) is 17.1 Å². The average Bonchev–Trinajstić information content (AvgIpc) is 3.36. The molecule has 0 aliphatic carbocycles. The molecule has 8 nitrogen and oxygen atoms in total. The van der Waals surface area contributed by atoms with Crippen molar-refractivity contribution >= 4 is 33.0 Å². The normalized spacial score (nSPS) is 14.4. The molecule has 11 heteroatoms. The van der Waals surface area contributed by atoms with Gasteiger partial charge in [0.2, 0.25) is 0 Å². The molecule has 0 radical (unpaired) electrons. The van der Waals surface area contributed by atoms with E-state index in [1.54, 1.807) is 12.4 Å². The van der Waals surface area contributed by atoms with Gasteiger partial charge in [0.1, 0.15) is 5.82 Å². The first-order valence-corrected chi connectivity index (χ1v) is 10.4. The molecule has 0 spiro atoms. The zero-order chi connectivity index (χ0) is 19.7. The number of rotatable bonds is 5.